The van der Waals surface area contributed by atoms with Crippen LogP contribution in [0, 0.1) is 0 Å². The van der Waals surface area contributed by atoms with Crippen LogP contribution in [0.4, 0.5) is 0 Å². The molecule has 0 aliphatic rings. The maximum atomic E-state index is 11.4. The van der Waals surface area contributed by atoms with E-state index in [0.29, 0.717) is 19.4 Å². The zero-order chi connectivity index (χ0) is 10.3. The first kappa shape index (κ1) is 12.4. The van der Waals surface area contributed by atoms with Crippen molar-refractivity contribution >= 4 is 5.91 Å². The fraction of sp³-hybridized carbons (Fsp3) is 0.889. The number of carbonyl (C=O) groups excluding carboxylic acids is 1. The lowest BCUT2D eigenvalue weighted by Gasteiger charge is -2.22. The van der Waals surface area contributed by atoms with Gasteiger partial charge in [0.25, 0.3) is 0 Å². The van der Waals surface area contributed by atoms with E-state index in [9.17, 15) is 4.79 Å². The van der Waals surface area contributed by atoms with Gasteiger partial charge in [0.2, 0.25) is 5.91 Å². The van der Waals surface area contributed by atoms with Crippen molar-refractivity contribution < 1.29 is 9.90 Å². The number of hydrogen-bond donors (Lipinski definition) is 3. The topological polar surface area (TPSA) is 75.4 Å². The van der Waals surface area contributed by atoms with Crippen LogP contribution in [0.1, 0.15) is 33.1 Å². The fourth-order valence-electron chi connectivity index (χ4n) is 1.12. The Hall–Kier alpha value is -0.610. The summed E-state index contributed by atoms with van der Waals surface area (Å²) in [6.45, 7) is 4.30. The number of hydrogen-bond acceptors (Lipinski definition) is 3. The first-order chi connectivity index (χ1) is 6.04. The summed E-state index contributed by atoms with van der Waals surface area (Å²) in [7, 11) is 0. The van der Waals surface area contributed by atoms with E-state index in [0.717, 1.165) is 6.42 Å². The van der Waals surface area contributed by atoms with E-state index in [2.05, 4.69) is 5.32 Å². The molecule has 13 heavy (non-hydrogen) atoms. The molecule has 0 saturated carbocycles. The van der Waals surface area contributed by atoms with Crippen LogP contribution in [0.15, 0.2) is 0 Å². The minimum atomic E-state index is -0.774. The number of carbonyl (C=O) groups is 1. The van der Waals surface area contributed by atoms with E-state index in [1.807, 2.05) is 6.92 Å². The van der Waals surface area contributed by atoms with E-state index < -0.39 is 5.54 Å². The van der Waals surface area contributed by atoms with Crippen molar-refractivity contribution in [3.63, 3.8) is 0 Å². The number of aliphatic hydroxyl groups is 1. The average Bonchev–Trinajstić information content (AvgIpc) is 2.04. The second-order valence-corrected chi connectivity index (χ2v) is 3.50. The average molecular weight is 188 g/mol. The van der Waals surface area contributed by atoms with Crippen LogP contribution < -0.4 is 11.1 Å². The number of rotatable bonds is 6. The summed E-state index contributed by atoms with van der Waals surface area (Å²) in [5.74, 6) is -0.136. The van der Waals surface area contributed by atoms with E-state index in [4.69, 9.17) is 10.8 Å². The SMILES string of the molecule is CCCC(C)(N)C(=O)NCCCO. The Kier molecular flexibility index (Phi) is 5.66. The molecule has 0 radical (unpaired) electrons. The van der Waals surface area contributed by atoms with Crippen LogP contribution >= 0.6 is 0 Å². The summed E-state index contributed by atoms with van der Waals surface area (Å²) in [6, 6.07) is 0. The number of aliphatic hydroxyl groups excluding tert-OH is 1. The second-order valence-electron chi connectivity index (χ2n) is 3.50. The molecule has 0 heterocycles. The van der Waals surface area contributed by atoms with E-state index in [1.54, 1.807) is 6.92 Å². The highest BCUT2D eigenvalue weighted by Gasteiger charge is 2.26. The number of nitrogens with two attached hydrogens (primary N) is 1. The zero-order valence-corrected chi connectivity index (χ0v) is 8.47. The van der Waals surface area contributed by atoms with Crippen molar-refractivity contribution in [2.45, 2.75) is 38.6 Å². The molecule has 0 aromatic heterocycles. The molecule has 0 aromatic rings. The number of amides is 1. The third-order valence-corrected chi connectivity index (χ3v) is 1.91. The van der Waals surface area contributed by atoms with E-state index in [1.165, 1.54) is 0 Å². The summed E-state index contributed by atoms with van der Waals surface area (Å²) in [6.07, 6.45) is 2.15. The smallest absolute Gasteiger partial charge is 0.239 e. The van der Waals surface area contributed by atoms with Crippen LogP contribution in [-0.2, 0) is 4.79 Å². The Morgan fingerprint density at radius 1 is 1.62 bits per heavy atom. The molecule has 0 aromatic carbocycles. The monoisotopic (exact) mass is 188 g/mol. The molecule has 0 aliphatic carbocycles. The first-order valence-electron chi connectivity index (χ1n) is 4.72. The lowest BCUT2D eigenvalue weighted by molar-refractivity contribution is -0.126. The van der Waals surface area contributed by atoms with Crippen molar-refractivity contribution in [1.82, 2.24) is 5.32 Å². The van der Waals surface area contributed by atoms with Crippen LogP contribution in [-0.4, -0.2) is 29.7 Å². The minimum absolute atomic E-state index is 0.0926. The van der Waals surface area contributed by atoms with Crippen LogP contribution in [0.5, 0.6) is 0 Å². The van der Waals surface area contributed by atoms with Gasteiger partial charge < -0.3 is 16.2 Å². The zero-order valence-electron chi connectivity index (χ0n) is 8.47. The second kappa shape index (κ2) is 5.94. The van der Waals surface area contributed by atoms with Gasteiger partial charge in [-0.05, 0) is 19.8 Å². The van der Waals surface area contributed by atoms with Crippen molar-refractivity contribution in [3.05, 3.63) is 0 Å². The molecule has 0 aliphatic heterocycles. The molecule has 0 bridgehead atoms. The summed E-state index contributed by atoms with van der Waals surface area (Å²) >= 11 is 0. The first-order valence-corrected chi connectivity index (χ1v) is 4.72. The van der Waals surface area contributed by atoms with Crippen molar-refractivity contribution in [3.8, 4) is 0 Å². The lowest BCUT2D eigenvalue weighted by Crippen LogP contribution is -2.51. The quantitative estimate of drug-likeness (QED) is 0.514. The Morgan fingerprint density at radius 2 is 2.23 bits per heavy atom. The van der Waals surface area contributed by atoms with Gasteiger partial charge in [0.05, 0.1) is 5.54 Å². The van der Waals surface area contributed by atoms with Crippen molar-refractivity contribution in [1.29, 1.82) is 0 Å². The molecule has 4 heteroatoms. The predicted molar refractivity (Wildman–Crippen MR) is 52.2 cm³/mol. The highest BCUT2D eigenvalue weighted by Crippen LogP contribution is 2.07. The number of nitrogens with one attached hydrogen (secondary N) is 1. The maximum absolute atomic E-state index is 11.4. The minimum Gasteiger partial charge on any atom is -0.396 e. The maximum Gasteiger partial charge on any atom is 0.239 e. The standard InChI is InChI=1S/C9H20N2O2/c1-3-5-9(2,10)8(13)11-6-4-7-12/h12H,3-7,10H2,1-2H3,(H,11,13). The van der Waals surface area contributed by atoms with Gasteiger partial charge >= 0.3 is 0 Å². The highest BCUT2D eigenvalue weighted by atomic mass is 16.3. The lowest BCUT2D eigenvalue weighted by atomic mass is 9.96. The van der Waals surface area contributed by atoms with Crippen LogP contribution in [0.2, 0.25) is 0 Å². The molecular formula is C9H20N2O2. The Balaban J connectivity index is 3.80. The molecule has 0 fully saturated rings. The molecule has 0 saturated heterocycles. The van der Waals surface area contributed by atoms with E-state index in [-0.39, 0.29) is 12.5 Å². The van der Waals surface area contributed by atoms with Gasteiger partial charge in [0, 0.05) is 13.2 Å². The molecule has 1 atom stereocenters. The Bertz CT molecular complexity index is 158. The van der Waals surface area contributed by atoms with Crippen molar-refractivity contribution in [2.24, 2.45) is 5.73 Å². The van der Waals surface area contributed by atoms with Gasteiger partial charge in [-0.25, -0.2) is 0 Å². The Labute approximate surface area is 79.5 Å². The molecule has 0 rings (SSSR count). The van der Waals surface area contributed by atoms with Crippen LogP contribution in [0.25, 0.3) is 0 Å². The van der Waals surface area contributed by atoms with Crippen LogP contribution in [0.3, 0.4) is 0 Å². The molecule has 0 spiro atoms. The fourth-order valence-corrected chi connectivity index (χ4v) is 1.12. The summed E-state index contributed by atoms with van der Waals surface area (Å²) in [5.41, 5.74) is 5.00. The molecule has 1 amide bonds. The summed E-state index contributed by atoms with van der Waals surface area (Å²) in [5, 5.41) is 11.2. The van der Waals surface area contributed by atoms with Gasteiger partial charge in [-0.2, -0.15) is 0 Å². The highest BCUT2D eigenvalue weighted by molar-refractivity contribution is 5.85. The van der Waals surface area contributed by atoms with Gasteiger partial charge in [-0.15, -0.1) is 0 Å². The molecular weight excluding hydrogens is 168 g/mol. The summed E-state index contributed by atoms with van der Waals surface area (Å²) < 4.78 is 0. The largest absolute Gasteiger partial charge is 0.396 e. The molecule has 4 N–H and O–H groups in total. The van der Waals surface area contributed by atoms with Gasteiger partial charge in [0.15, 0.2) is 0 Å². The molecule has 4 nitrogen and oxygen atoms in total. The van der Waals surface area contributed by atoms with Gasteiger partial charge in [-0.1, -0.05) is 13.3 Å². The predicted octanol–water partition coefficient (Wildman–Crippen LogP) is 0.00250. The Morgan fingerprint density at radius 3 is 2.69 bits per heavy atom. The van der Waals surface area contributed by atoms with Gasteiger partial charge in [0.1, 0.15) is 0 Å². The third-order valence-electron chi connectivity index (χ3n) is 1.91. The van der Waals surface area contributed by atoms with E-state index >= 15 is 0 Å². The normalized spacial score (nSPS) is 15.1. The third kappa shape index (κ3) is 4.85. The molecule has 78 valence electrons. The van der Waals surface area contributed by atoms with Gasteiger partial charge in [-0.3, -0.25) is 4.79 Å². The van der Waals surface area contributed by atoms with Crippen molar-refractivity contribution in [2.75, 3.05) is 13.2 Å². The summed E-state index contributed by atoms with van der Waals surface area (Å²) in [4.78, 5) is 11.4. The molecule has 1 unspecified atom stereocenters.